The van der Waals surface area contributed by atoms with E-state index >= 15 is 0 Å². The van der Waals surface area contributed by atoms with Crippen LogP contribution in [0.1, 0.15) is 20.8 Å². The third kappa shape index (κ3) is 2.00. The van der Waals surface area contributed by atoms with Crippen LogP contribution in [0.2, 0.25) is 0 Å². The zero-order valence-electron chi connectivity index (χ0n) is 9.25. The Morgan fingerprint density at radius 3 is 2.71 bits per heavy atom. The van der Waals surface area contributed by atoms with E-state index in [0.29, 0.717) is 18.1 Å². The zero-order valence-corrected chi connectivity index (χ0v) is 9.25. The summed E-state index contributed by atoms with van der Waals surface area (Å²) < 4.78 is 0. The summed E-state index contributed by atoms with van der Waals surface area (Å²) >= 11 is 0. The second-order valence-corrected chi connectivity index (χ2v) is 4.62. The molecule has 0 aromatic heterocycles. The predicted molar refractivity (Wildman–Crippen MR) is 58.5 cm³/mol. The molecule has 4 nitrogen and oxygen atoms in total. The molecule has 2 aliphatic rings. The Balaban J connectivity index is 1.69. The molecule has 1 unspecified atom stereocenters. The molecule has 1 atom stereocenters. The number of hydrogen-bond acceptors (Lipinski definition) is 4. The normalized spacial score (nSPS) is 28.6. The molecular formula is C10H20N4. The molecule has 2 aliphatic heterocycles. The minimum absolute atomic E-state index is 0.499. The van der Waals surface area contributed by atoms with E-state index in [2.05, 4.69) is 41.3 Å². The first-order chi connectivity index (χ1) is 6.65. The molecule has 2 N–H and O–H groups in total. The van der Waals surface area contributed by atoms with Crippen molar-refractivity contribution < 1.29 is 0 Å². The first-order valence-electron chi connectivity index (χ1n) is 5.46. The van der Waals surface area contributed by atoms with Crippen molar-refractivity contribution in [1.29, 1.82) is 0 Å². The Morgan fingerprint density at radius 1 is 1.50 bits per heavy atom. The SMILES string of the molecule is CC1CN=C(NC2CN(C(C)C)C2)N1. The van der Waals surface area contributed by atoms with Crippen molar-refractivity contribution in [2.75, 3.05) is 19.6 Å². The van der Waals surface area contributed by atoms with Crippen molar-refractivity contribution in [3.63, 3.8) is 0 Å². The van der Waals surface area contributed by atoms with Gasteiger partial charge in [-0.3, -0.25) is 9.89 Å². The van der Waals surface area contributed by atoms with Gasteiger partial charge in [-0.15, -0.1) is 0 Å². The van der Waals surface area contributed by atoms with Crippen molar-refractivity contribution >= 4 is 5.96 Å². The molecule has 1 fully saturated rings. The van der Waals surface area contributed by atoms with Gasteiger partial charge in [0.2, 0.25) is 0 Å². The molecule has 2 heterocycles. The minimum atomic E-state index is 0.499. The molecule has 4 heteroatoms. The molecule has 0 aliphatic carbocycles. The first-order valence-corrected chi connectivity index (χ1v) is 5.46. The van der Waals surface area contributed by atoms with Crippen LogP contribution in [-0.2, 0) is 0 Å². The number of guanidine groups is 1. The Labute approximate surface area is 85.8 Å². The number of nitrogens with one attached hydrogen (secondary N) is 2. The van der Waals surface area contributed by atoms with E-state index in [1.807, 2.05) is 0 Å². The fourth-order valence-corrected chi connectivity index (χ4v) is 1.86. The molecule has 0 spiro atoms. The lowest BCUT2D eigenvalue weighted by molar-refractivity contribution is 0.102. The van der Waals surface area contributed by atoms with Gasteiger partial charge in [-0.1, -0.05) is 0 Å². The summed E-state index contributed by atoms with van der Waals surface area (Å²) in [5, 5.41) is 6.75. The Bertz CT molecular complexity index is 230. The van der Waals surface area contributed by atoms with Crippen LogP contribution in [0.15, 0.2) is 4.99 Å². The molecular weight excluding hydrogens is 176 g/mol. The van der Waals surface area contributed by atoms with Gasteiger partial charge in [-0.05, 0) is 20.8 Å². The number of rotatable bonds is 2. The van der Waals surface area contributed by atoms with Crippen LogP contribution in [0.25, 0.3) is 0 Å². The summed E-state index contributed by atoms with van der Waals surface area (Å²) in [7, 11) is 0. The van der Waals surface area contributed by atoms with Crippen LogP contribution in [0.3, 0.4) is 0 Å². The average Bonchev–Trinajstić information content (AvgIpc) is 2.42. The summed E-state index contributed by atoms with van der Waals surface area (Å²) in [4.78, 5) is 6.84. The summed E-state index contributed by atoms with van der Waals surface area (Å²) in [5.74, 6) is 0.992. The molecule has 0 aromatic rings. The van der Waals surface area contributed by atoms with Crippen molar-refractivity contribution in [3.05, 3.63) is 0 Å². The van der Waals surface area contributed by atoms with Gasteiger partial charge >= 0.3 is 0 Å². The monoisotopic (exact) mass is 196 g/mol. The van der Waals surface area contributed by atoms with Gasteiger partial charge in [0.15, 0.2) is 5.96 Å². The summed E-state index contributed by atoms with van der Waals surface area (Å²) in [6.07, 6.45) is 0. The van der Waals surface area contributed by atoms with E-state index in [9.17, 15) is 0 Å². The lowest BCUT2D eigenvalue weighted by Crippen LogP contribution is -2.62. The van der Waals surface area contributed by atoms with Gasteiger partial charge in [-0.25, -0.2) is 0 Å². The van der Waals surface area contributed by atoms with E-state index in [-0.39, 0.29) is 0 Å². The molecule has 0 radical (unpaired) electrons. The van der Waals surface area contributed by atoms with Crippen LogP contribution >= 0.6 is 0 Å². The van der Waals surface area contributed by atoms with Gasteiger partial charge in [0.05, 0.1) is 12.6 Å². The van der Waals surface area contributed by atoms with Gasteiger partial charge < -0.3 is 10.6 Å². The second-order valence-electron chi connectivity index (χ2n) is 4.62. The Hall–Kier alpha value is -0.770. The van der Waals surface area contributed by atoms with Crippen molar-refractivity contribution in [2.24, 2.45) is 4.99 Å². The summed E-state index contributed by atoms with van der Waals surface area (Å²) in [6, 6.07) is 1.76. The Morgan fingerprint density at radius 2 is 2.21 bits per heavy atom. The Kier molecular flexibility index (Phi) is 2.63. The smallest absolute Gasteiger partial charge is 0.191 e. The highest BCUT2D eigenvalue weighted by molar-refractivity contribution is 5.82. The fourth-order valence-electron chi connectivity index (χ4n) is 1.86. The largest absolute Gasteiger partial charge is 0.352 e. The molecule has 14 heavy (non-hydrogen) atoms. The lowest BCUT2D eigenvalue weighted by Gasteiger charge is -2.42. The summed E-state index contributed by atoms with van der Waals surface area (Å²) in [6.45, 7) is 9.83. The van der Waals surface area contributed by atoms with Crippen LogP contribution in [0, 0.1) is 0 Å². The number of aliphatic imine (C=N–C) groups is 1. The van der Waals surface area contributed by atoms with Crippen LogP contribution in [-0.4, -0.2) is 48.6 Å². The minimum Gasteiger partial charge on any atom is -0.352 e. The van der Waals surface area contributed by atoms with Crippen LogP contribution < -0.4 is 10.6 Å². The molecule has 0 amide bonds. The molecule has 2 rings (SSSR count). The average molecular weight is 196 g/mol. The third-order valence-electron chi connectivity index (χ3n) is 2.89. The fraction of sp³-hybridized carbons (Fsp3) is 0.900. The van der Waals surface area contributed by atoms with Gasteiger partial charge in [-0.2, -0.15) is 0 Å². The lowest BCUT2D eigenvalue weighted by atomic mass is 10.1. The zero-order chi connectivity index (χ0) is 10.1. The molecule has 0 saturated carbocycles. The third-order valence-corrected chi connectivity index (χ3v) is 2.89. The highest BCUT2D eigenvalue weighted by atomic mass is 15.3. The predicted octanol–water partition coefficient (Wildman–Crippen LogP) is 0.0163. The maximum Gasteiger partial charge on any atom is 0.191 e. The number of nitrogens with zero attached hydrogens (tertiary/aromatic N) is 2. The highest BCUT2D eigenvalue weighted by Gasteiger charge is 2.29. The van der Waals surface area contributed by atoms with Crippen molar-refractivity contribution in [2.45, 2.75) is 38.9 Å². The molecule has 80 valence electrons. The molecule has 0 aromatic carbocycles. The molecule has 1 saturated heterocycles. The van der Waals surface area contributed by atoms with Gasteiger partial charge in [0, 0.05) is 25.2 Å². The van der Waals surface area contributed by atoms with E-state index < -0.39 is 0 Å². The highest BCUT2D eigenvalue weighted by Crippen LogP contribution is 2.11. The molecule has 0 bridgehead atoms. The summed E-state index contributed by atoms with van der Waals surface area (Å²) in [5.41, 5.74) is 0. The van der Waals surface area contributed by atoms with Crippen LogP contribution in [0.4, 0.5) is 0 Å². The maximum absolute atomic E-state index is 4.38. The van der Waals surface area contributed by atoms with Crippen molar-refractivity contribution in [3.8, 4) is 0 Å². The van der Waals surface area contributed by atoms with Gasteiger partial charge in [0.1, 0.15) is 0 Å². The first kappa shape index (κ1) is 9.77. The van der Waals surface area contributed by atoms with Crippen LogP contribution in [0.5, 0.6) is 0 Å². The number of likely N-dealkylation sites (tertiary alicyclic amines) is 1. The number of hydrogen-bond donors (Lipinski definition) is 2. The van der Waals surface area contributed by atoms with Crippen molar-refractivity contribution in [1.82, 2.24) is 15.5 Å². The van der Waals surface area contributed by atoms with Gasteiger partial charge in [0.25, 0.3) is 0 Å². The van der Waals surface area contributed by atoms with E-state index in [0.717, 1.165) is 25.6 Å². The quantitative estimate of drug-likeness (QED) is 0.654. The van der Waals surface area contributed by atoms with E-state index in [4.69, 9.17) is 0 Å². The van der Waals surface area contributed by atoms with E-state index in [1.54, 1.807) is 0 Å². The topological polar surface area (TPSA) is 39.7 Å². The second kappa shape index (κ2) is 3.77. The standard InChI is InChI=1S/C10H20N4/c1-7(2)14-5-9(6-14)13-10-11-4-8(3)12-10/h7-9H,4-6H2,1-3H3,(H2,11,12,13). The maximum atomic E-state index is 4.38. The van der Waals surface area contributed by atoms with E-state index in [1.165, 1.54) is 0 Å².